The summed E-state index contributed by atoms with van der Waals surface area (Å²) >= 11 is 0. The zero-order valence-electron chi connectivity index (χ0n) is 27.2. The van der Waals surface area contributed by atoms with Crippen LogP contribution in [-0.4, -0.2) is 100 Å². The van der Waals surface area contributed by atoms with E-state index in [1.54, 1.807) is 13.2 Å². The predicted octanol–water partition coefficient (Wildman–Crippen LogP) is 3.07. The van der Waals surface area contributed by atoms with Crippen LogP contribution in [0.25, 0.3) is 0 Å². The summed E-state index contributed by atoms with van der Waals surface area (Å²) in [7, 11) is 1.70. The lowest BCUT2D eigenvalue weighted by Gasteiger charge is -2.30. The number of rotatable bonds is 21. The first kappa shape index (κ1) is 36.9. The lowest BCUT2D eigenvalue weighted by Crippen LogP contribution is -2.45. The number of benzene rings is 1. The molecule has 5 N–H and O–H groups in total. The lowest BCUT2D eigenvalue weighted by molar-refractivity contribution is -0.127. The maximum Gasteiger partial charge on any atom is 0.255 e. The molecule has 0 radical (unpaired) electrons. The number of methoxy groups -OCH3 is 1. The number of nitrogens with two attached hydrogens (primary N) is 1. The van der Waals surface area contributed by atoms with E-state index >= 15 is 0 Å². The Morgan fingerprint density at radius 2 is 1.70 bits per heavy atom. The third-order valence-electron chi connectivity index (χ3n) is 8.39. The highest BCUT2D eigenvalue weighted by atomic mass is 16.5. The van der Waals surface area contributed by atoms with E-state index in [4.69, 9.17) is 19.9 Å². The molecule has 1 aliphatic heterocycles. The number of carbonyl (C=O) groups is 2. The quantitative estimate of drug-likeness (QED) is 0.157. The van der Waals surface area contributed by atoms with Gasteiger partial charge in [0.25, 0.3) is 5.91 Å². The molecule has 0 saturated carbocycles. The molecule has 2 rings (SSSR count). The molecule has 0 bridgehead atoms. The molecule has 0 unspecified atom stereocenters. The molecular weight excluding hydrogens is 548 g/mol. The number of aliphatic hydroxyl groups is 1. The van der Waals surface area contributed by atoms with E-state index < -0.39 is 12.1 Å². The maximum absolute atomic E-state index is 13.1. The number of nitrogens with zero attached hydrogens (tertiary/aromatic N) is 1. The molecule has 2 amide bonds. The number of hydrogen-bond donors (Lipinski definition) is 4. The SMILES string of the molecule is COCCCCCOc1ccccc1C(=O)NC[C@@H](C[C@H](N)[C@@H](O)C[C@H](C(=O)NCCN1CCOCC1)C(C)C)C(C)C. The Labute approximate surface area is 259 Å². The number of unbranched alkanes of at least 4 members (excludes halogenated alkanes) is 2. The van der Waals surface area contributed by atoms with Crippen LogP contribution in [0.1, 0.15) is 70.2 Å². The summed E-state index contributed by atoms with van der Waals surface area (Å²) < 4.78 is 16.4. The average Bonchev–Trinajstić information content (AvgIpc) is 2.99. The molecule has 1 fully saturated rings. The van der Waals surface area contributed by atoms with Crippen molar-refractivity contribution < 1.29 is 28.9 Å². The molecule has 10 heteroatoms. The van der Waals surface area contributed by atoms with Crippen molar-refractivity contribution in [1.29, 1.82) is 0 Å². The van der Waals surface area contributed by atoms with Crippen molar-refractivity contribution in [3.8, 4) is 5.75 Å². The molecule has 43 heavy (non-hydrogen) atoms. The highest BCUT2D eigenvalue weighted by Crippen LogP contribution is 2.24. The van der Waals surface area contributed by atoms with Crippen molar-refractivity contribution in [3.63, 3.8) is 0 Å². The number of aliphatic hydroxyl groups excluding tert-OH is 1. The summed E-state index contributed by atoms with van der Waals surface area (Å²) in [6.07, 6.45) is 2.88. The van der Waals surface area contributed by atoms with Crippen LogP contribution >= 0.6 is 0 Å². The number of amides is 2. The summed E-state index contributed by atoms with van der Waals surface area (Å²) in [6, 6.07) is 6.77. The molecule has 246 valence electrons. The van der Waals surface area contributed by atoms with Gasteiger partial charge in [-0.1, -0.05) is 39.8 Å². The van der Waals surface area contributed by atoms with Gasteiger partial charge in [-0.15, -0.1) is 0 Å². The lowest BCUT2D eigenvalue weighted by atomic mass is 9.83. The van der Waals surface area contributed by atoms with Gasteiger partial charge in [-0.3, -0.25) is 14.5 Å². The second-order valence-corrected chi connectivity index (χ2v) is 12.4. The monoisotopic (exact) mass is 606 g/mol. The van der Waals surface area contributed by atoms with Gasteiger partial charge in [0, 0.05) is 58.4 Å². The molecule has 1 aromatic carbocycles. The Balaban J connectivity index is 1.85. The standard InChI is InChI=1S/C33H58N4O6/c1-24(2)26(23-36-32(39)27-11-7-8-12-31(27)43-18-10-6-9-17-41-5)21-29(34)30(38)22-28(25(3)4)33(40)35-13-14-37-15-19-42-20-16-37/h7-8,11-12,24-26,28-30,38H,6,9-10,13-23,34H2,1-5H3,(H,35,40)(H,36,39)/t26-,28+,29+,30+/m1/s1. The molecule has 0 aliphatic carbocycles. The Hall–Kier alpha value is -2.24. The summed E-state index contributed by atoms with van der Waals surface area (Å²) in [4.78, 5) is 28.4. The summed E-state index contributed by atoms with van der Waals surface area (Å²) in [6.45, 7) is 14.5. The van der Waals surface area contributed by atoms with Gasteiger partial charge in [0.15, 0.2) is 0 Å². The first-order chi connectivity index (χ1) is 20.6. The van der Waals surface area contributed by atoms with Gasteiger partial charge in [0.2, 0.25) is 5.91 Å². The third-order valence-corrected chi connectivity index (χ3v) is 8.39. The molecule has 4 atom stereocenters. The van der Waals surface area contributed by atoms with Crippen molar-refractivity contribution >= 4 is 11.8 Å². The number of hydrogen-bond acceptors (Lipinski definition) is 8. The van der Waals surface area contributed by atoms with Gasteiger partial charge in [-0.25, -0.2) is 0 Å². The van der Waals surface area contributed by atoms with Gasteiger partial charge in [0.05, 0.1) is 31.5 Å². The zero-order valence-corrected chi connectivity index (χ0v) is 27.2. The van der Waals surface area contributed by atoms with Crippen molar-refractivity contribution in [2.75, 3.05) is 66.3 Å². The highest BCUT2D eigenvalue weighted by Gasteiger charge is 2.30. The van der Waals surface area contributed by atoms with E-state index in [2.05, 4.69) is 29.4 Å². The van der Waals surface area contributed by atoms with Crippen LogP contribution in [0, 0.1) is 23.7 Å². The van der Waals surface area contributed by atoms with Crippen LogP contribution in [-0.2, 0) is 14.3 Å². The largest absolute Gasteiger partial charge is 0.493 e. The fourth-order valence-corrected chi connectivity index (χ4v) is 5.31. The van der Waals surface area contributed by atoms with E-state index in [-0.39, 0.29) is 35.5 Å². The number of ether oxygens (including phenoxy) is 3. The van der Waals surface area contributed by atoms with Gasteiger partial charge in [0.1, 0.15) is 5.75 Å². The Morgan fingerprint density at radius 1 is 1.00 bits per heavy atom. The van der Waals surface area contributed by atoms with Crippen molar-refractivity contribution in [1.82, 2.24) is 15.5 Å². The van der Waals surface area contributed by atoms with Gasteiger partial charge in [-0.05, 0) is 62.0 Å². The first-order valence-electron chi connectivity index (χ1n) is 16.1. The van der Waals surface area contributed by atoms with Crippen molar-refractivity contribution in [2.45, 2.75) is 71.9 Å². The van der Waals surface area contributed by atoms with E-state index in [0.29, 0.717) is 43.9 Å². The van der Waals surface area contributed by atoms with Crippen LogP contribution in [0.15, 0.2) is 24.3 Å². The number of para-hydroxylation sites is 1. The molecule has 1 saturated heterocycles. The second-order valence-electron chi connectivity index (χ2n) is 12.4. The second kappa shape index (κ2) is 20.7. The van der Waals surface area contributed by atoms with Gasteiger partial charge >= 0.3 is 0 Å². The van der Waals surface area contributed by atoms with E-state index in [9.17, 15) is 14.7 Å². The normalized spacial score (nSPS) is 17.0. The third kappa shape index (κ3) is 13.9. The molecule has 1 aliphatic rings. The zero-order chi connectivity index (χ0) is 31.6. The molecule has 1 aromatic rings. The number of morpholine rings is 1. The molecule has 10 nitrogen and oxygen atoms in total. The topological polar surface area (TPSA) is 135 Å². The first-order valence-corrected chi connectivity index (χ1v) is 16.1. The van der Waals surface area contributed by atoms with Crippen molar-refractivity contribution in [2.24, 2.45) is 29.4 Å². The average molecular weight is 607 g/mol. The van der Waals surface area contributed by atoms with Crippen LogP contribution in [0.4, 0.5) is 0 Å². The number of carbonyl (C=O) groups excluding carboxylic acids is 2. The molecular formula is C33H58N4O6. The molecule has 0 aromatic heterocycles. The Bertz CT molecular complexity index is 924. The fraction of sp³-hybridized carbons (Fsp3) is 0.758. The fourth-order valence-electron chi connectivity index (χ4n) is 5.31. The summed E-state index contributed by atoms with van der Waals surface area (Å²) in [5.74, 6) is 0.366. The number of nitrogens with one attached hydrogen (secondary N) is 2. The summed E-state index contributed by atoms with van der Waals surface area (Å²) in [5, 5.41) is 17.2. The van der Waals surface area contributed by atoms with E-state index in [1.807, 2.05) is 32.0 Å². The van der Waals surface area contributed by atoms with Crippen LogP contribution in [0.3, 0.4) is 0 Å². The van der Waals surface area contributed by atoms with E-state index in [1.165, 1.54) is 0 Å². The van der Waals surface area contributed by atoms with Crippen molar-refractivity contribution in [3.05, 3.63) is 29.8 Å². The minimum absolute atomic E-state index is 0.0435. The predicted molar refractivity (Wildman–Crippen MR) is 170 cm³/mol. The highest BCUT2D eigenvalue weighted by molar-refractivity contribution is 5.96. The molecule has 1 heterocycles. The van der Waals surface area contributed by atoms with E-state index in [0.717, 1.165) is 58.7 Å². The summed E-state index contributed by atoms with van der Waals surface area (Å²) in [5.41, 5.74) is 7.01. The Kier molecular flexibility index (Phi) is 17.8. The van der Waals surface area contributed by atoms with Crippen LogP contribution < -0.4 is 21.1 Å². The van der Waals surface area contributed by atoms with Crippen LogP contribution in [0.5, 0.6) is 5.75 Å². The van der Waals surface area contributed by atoms with Gasteiger partial charge in [-0.2, -0.15) is 0 Å². The minimum atomic E-state index is -0.827. The minimum Gasteiger partial charge on any atom is -0.493 e. The molecule has 0 spiro atoms. The Morgan fingerprint density at radius 3 is 2.37 bits per heavy atom. The van der Waals surface area contributed by atoms with Gasteiger partial charge < -0.3 is 35.7 Å². The maximum atomic E-state index is 13.1. The van der Waals surface area contributed by atoms with Crippen LogP contribution in [0.2, 0.25) is 0 Å². The smallest absolute Gasteiger partial charge is 0.255 e.